The predicted molar refractivity (Wildman–Crippen MR) is 72.4 cm³/mol. The molecule has 3 N–H and O–H groups in total. The fourth-order valence-electron chi connectivity index (χ4n) is 0.474. The van der Waals surface area contributed by atoms with E-state index in [0.717, 1.165) is 38.5 Å². The third kappa shape index (κ3) is 81.3. The predicted octanol–water partition coefficient (Wildman–Crippen LogP) is 2.78. The van der Waals surface area contributed by atoms with Gasteiger partial charge in [-0.1, -0.05) is 40.0 Å². The smallest absolute Gasteiger partial charge is 0.0430 e. The normalized spacial score (nSPS) is 7.41. The van der Waals surface area contributed by atoms with Gasteiger partial charge in [0.2, 0.25) is 0 Å². The maximum atomic E-state index is 8.07. The largest absolute Gasteiger partial charge is 0.396 e. The Kier molecular flexibility index (Phi) is 78.8. The van der Waals surface area contributed by atoms with Crippen LogP contribution in [0.1, 0.15) is 59.3 Å². The van der Waals surface area contributed by atoms with Gasteiger partial charge in [0.15, 0.2) is 0 Å². The Hall–Kier alpha value is 0.594. The maximum Gasteiger partial charge on any atom is 0.0430 e. The fraction of sp³-hybridized carbons (Fsp3) is 0.923. The molecule has 0 aromatic heterocycles. The number of unbranched alkanes of at least 4 members (excludes halogenated alkanes) is 3. The van der Waals surface area contributed by atoms with Gasteiger partial charge in [-0.05, 0) is 19.3 Å². The van der Waals surface area contributed by atoms with Crippen LogP contribution in [0, 0.1) is 7.43 Å². The van der Waals surface area contributed by atoms with Gasteiger partial charge in [0.25, 0.3) is 0 Å². The van der Waals surface area contributed by atoms with E-state index in [2.05, 4.69) is 20.8 Å². The van der Waals surface area contributed by atoms with Gasteiger partial charge in [-0.15, -0.1) is 0 Å². The first-order valence-corrected chi connectivity index (χ1v) is 6.07. The molecule has 4 heteroatoms. The zero-order chi connectivity index (χ0) is 12.4. The summed E-state index contributed by atoms with van der Waals surface area (Å²) < 4.78 is 0. The molecule has 0 unspecified atom stereocenters. The standard InChI is InChI=1S/3C4H10O.CH3.Ti/c3*1-2-3-4-5;;/h3*5H,2-4H2,1H3;1H3;/q;;;-1;. The van der Waals surface area contributed by atoms with Crippen molar-refractivity contribution in [3.8, 4) is 0 Å². The van der Waals surface area contributed by atoms with Crippen molar-refractivity contribution < 1.29 is 37.0 Å². The third-order valence-electron chi connectivity index (χ3n) is 1.54. The molecule has 17 heavy (non-hydrogen) atoms. The molecule has 0 saturated heterocycles. The van der Waals surface area contributed by atoms with E-state index in [1.165, 1.54) is 0 Å². The van der Waals surface area contributed by atoms with Gasteiger partial charge < -0.3 is 22.7 Å². The zero-order valence-electron chi connectivity index (χ0n) is 12.2. The van der Waals surface area contributed by atoms with Gasteiger partial charge in [-0.25, -0.2) is 0 Å². The van der Waals surface area contributed by atoms with E-state index < -0.39 is 0 Å². The monoisotopic (exact) mass is 285 g/mol. The SMILES string of the molecule is CCCCO.CCCCO.CCCCO.[CH3-].[Ti]. The first kappa shape index (κ1) is 30.5. The minimum absolute atomic E-state index is 0. The fourth-order valence-corrected chi connectivity index (χ4v) is 0.474. The van der Waals surface area contributed by atoms with Crippen LogP contribution in [0.3, 0.4) is 0 Å². The number of aliphatic hydroxyl groups excluding tert-OH is 3. The molecular formula is C13H33O3Ti-. The molecule has 3 nitrogen and oxygen atoms in total. The molecule has 0 spiro atoms. The van der Waals surface area contributed by atoms with Gasteiger partial charge in [0, 0.05) is 41.5 Å². The Morgan fingerprint density at radius 1 is 0.588 bits per heavy atom. The van der Waals surface area contributed by atoms with Gasteiger partial charge in [-0.3, -0.25) is 0 Å². The minimum atomic E-state index is 0. The molecule has 0 radical (unpaired) electrons. The molecule has 0 atom stereocenters. The Labute approximate surface area is 124 Å². The second kappa shape index (κ2) is 43.8. The molecule has 0 rings (SSSR count). The van der Waals surface area contributed by atoms with E-state index in [1.54, 1.807) is 0 Å². The van der Waals surface area contributed by atoms with Crippen LogP contribution in [0.25, 0.3) is 0 Å². The molecule has 0 aliphatic carbocycles. The second-order valence-electron chi connectivity index (χ2n) is 3.23. The second-order valence-corrected chi connectivity index (χ2v) is 3.23. The van der Waals surface area contributed by atoms with Crippen molar-refractivity contribution in [1.82, 2.24) is 0 Å². The zero-order valence-corrected chi connectivity index (χ0v) is 13.8. The first-order chi connectivity index (χ1) is 7.24. The Bertz CT molecular complexity index is 53.4. The summed E-state index contributed by atoms with van der Waals surface area (Å²) in [6.07, 6.45) is 6.11. The summed E-state index contributed by atoms with van der Waals surface area (Å²) in [5, 5.41) is 24.2. The summed E-state index contributed by atoms with van der Waals surface area (Å²) in [5.74, 6) is 0. The third-order valence-corrected chi connectivity index (χ3v) is 1.54. The van der Waals surface area contributed by atoms with Gasteiger partial charge >= 0.3 is 0 Å². The van der Waals surface area contributed by atoms with Gasteiger partial charge in [0.05, 0.1) is 0 Å². The van der Waals surface area contributed by atoms with Crippen molar-refractivity contribution in [2.45, 2.75) is 59.3 Å². The minimum Gasteiger partial charge on any atom is -0.396 e. The van der Waals surface area contributed by atoms with Crippen LogP contribution in [0.4, 0.5) is 0 Å². The number of hydrogen-bond acceptors (Lipinski definition) is 3. The van der Waals surface area contributed by atoms with Gasteiger partial charge in [-0.2, -0.15) is 0 Å². The number of aliphatic hydroxyl groups is 3. The molecule has 0 saturated carbocycles. The Morgan fingerprint density at radius 2 is 0.765 bits per heavy atom. The summed E-state index contributed by atoms with van der Waals surface area (Å²) >= 11 is 0. The van der Waals surface area contributed by atoms with Crippen molar-refractivity contribution in [2.75, 3.05) is 19.8 Å². The molecular weight excluding hydrogens is 252 g/mol. The van der Waals surface area contributed by atoms with Crippen LogP contribution < -0.4 is 0 Å². The summed E-state index contributed by atoms with van der Waals surface area (Å²) in [4.78, 5) is 0. The molecule has 0 aliphatic rings. The molecule has 0 heterocycles. The van der Waals surface area contributed by atoms with E-state index in [9.17, 15) is 0 Å². The van der Waals surface area contributed by atoms with Crippen molar-refractivity contribution in [3.63, 3.8) is 0 Å². The van der Waals surface area contributed by atoms with Crippen LogP contribution >= 0.6 is 0 Å². The van der Waals surface area contributed by atoms with Crippen LogP contribution in [0.15, 0.2) is 0 Å². The Balaban J connectivity index is -0.0000000400. The average Bonchev–Trinajstić information content (AvgIpc) is 2.23. The summed E-state index contributed by atoms with van der Waals surface area (Å²) in [6, 6.07) is 0. The van der Waals surface area contributed by atoms with Crippen LogP contribution in [-0.4, -0.2) is 35.1 Å². The van der Waals surface area contributed by atoms with Crippen molar-refractivity contribution in [3.05, 3.63) is 7.43 Å². The summed E-state index contributed by atoms with van der Waals surface area (Å²) in [6.45, 7) is 7.19. The van der Waals surface area contributed by atoms with Crippen molar-refractivity contribution >= 4 is 0 Å². The molecule has 0 aliphatic heterocycles. The summed E-state index contributed by atoms with van der Waals surface area (Å²) in [5.41, 5.74) is 0. The van der Waals surface area contributed by atoms with Crippen molar-refractivity contribution in [1.29, 1.82) is 0 Å². The molecule has 0 fully saturated rings. The van der Waals surface area contributed by atoms with E-state index >= 15 is 0 Å². The van der Waals surface area contributed by atoms with Crippen molar-refractivity contribution in [2.24, 2.45) is 0 Å². The first-order valence-electron chi connectivity index (χ1n) is 6.07. The average molecular weight is 285 g/mol. The van der Waals surface area contributed by atoms with E-state index in [1.807, 2.05) is 0 Å². The van der Waals surface area contributed by atoms with Gasteiger partial charge in [0.1, 0.15) is 0 Å². The number of hydrogen-bond donors (Lipinski definition) is 3. The molecule has 108 valence electrons. The quantitative estimate of drug-likeness (QED) is 0.519. The van der Waals surface area contributed by atoms with Crippen LogP contribution in [0.5, 0.6) is 0 Å². The Morgan fingerprint density at radius 3 is 0.765 bits per heavy atom. The molecule has 0 aromatic carbocycles. The van der Waals surface area contributed by atoms with E-state index in [-0.39, 0.29) is 29.1 Å². The summed E-state index contributed by atoms with van der Waals surface area (Å²) in [7, 11) is 0. The topological polar surface area (TPSA) is 60.7 Å². The molecule has 0 amide bonds. The maximum absolute atomic E-state index is 8.07. The molecule has 0 aromatic rings. The van der Waals surface area contributed by atoms with E-state index in [0.29, 0.717) is 19.8 Å². The number of rotatable bonds is 6. The van der Waals surface area contributed by atoms with E-state index in [4.69, 9.17) is 15.3 Å². The van der Waals surface area contributed by atoms with Crippen LogP contribution in [0.2, 0.25) is 0 Å². The molecule has 0 bridgehead atoms. The van der Waals surface area contributed by atoms with Crippen LogP contribution in [-0.2, 0) is 21.7 Å².